The number of benzene rings is 1. The highest BCUT2D eigenvalue weighted by Crippen LogP contribution is 2.60. The summed E-state index contributed by atoms with van der Waals surface area (Å²) in [5.74, 6) is 2.49. The summed E-state index contributed by atoms with van der Waals surface area (Å²) in [4.78, 5) is 28.2. The van der Waals surface area contributed by atoms with Gasteiger partial charge in [-0.15, -0.1) is 0 Å². The van der Waals surface area contributed by atoms with Crippen LogP contribution in [0.4, 0.5) is 0 Å². The molecule has 26 heavy (non-hydrogen) atoms. The zero-order chi connectivity index (χ0) is 18.6. The van der Waals surface area contributed by atoms with E-state index in [9.17, 15) is 9.59 Å². The summed E-state index contributed by atoms with van der Waals surface area (Å²) in [7, 11) is 1.84. The van der Waals surface area contributed by atoms with Gasteiger partial charge >= 0.3 is 0 Å². The Balaban J connectivity index is 1.53. The van der Waals surface area contributed by atoms with Crippen molar-refractivity contribution in [3.05, 3.63) is 34.9 Å². The fraction of sp³-hybridized carbons (Fsp3) is 0.652. The van der Waals surface area contributed by atoms with Gasteiger partial charge in [0.1, 0.15) is 0 Å². The molecule has 0 radical (unpaired) electrons. The third-order valence-corrected chi connectivity index (χ3v) is 7.56. The molecular formula is C23H31NO2. The molecule has 4 saturated carbocycles. The Morgan fingerprint density at radius 2 is 1.54 bits per heavy atom. The zero-order valence-electron chi connectivity index (χ0n) is 16.5. The maximum absolute atomic E-state index is 13.5. The van der Waals surface area contributed by atoms with Crippen LogP contribution < -0.4 is 0 Å². The van der Waals surface area contributed by atoms with Crippen molar-refractivity contribution in [2.75, 3.05) is 7.05 Å². The molecule has 1 atom stereocenters. The van der Waals surface area contributed by atoms with Crippen LogP contribution in [0.2, 0.25) is 0 Å². The Hall–Kier alpha value is -1.64. The van der Waals surface area contributed by atoms with Crippen LogP contribution in [0.1, 0.15) is 66.9 Å². The number of carbonyl (C=O) groups is 2. The van der Waals surface area contributed by atoms with E-state index < -0.39 is 6.04 Å². The number of hydrogen-bond acceptors (Lipinski definition) is 2. The van der Waals surface area contributed by atoms with Crippen molar-refractivity contribution in [3.63, 3.8) is 0 Å². The maximum atomic E-state index is 13.5. The van der Waals surface area contributed by atoms with E-state index in [0.717, 1.165) is 42.6 Å². The Morgan fingerprint density at radius 3 is 2.04 bits per heavy atom. The number of ketones is 1. The van der Waals surface area contributed by atoms with E-state index in [0.29, 0.717) is 5.56 Å². The average Bonchev–Trinajstić information content (AvgIpc) is 2.60. The molecule has 1 aromatic carbocycles. The molecule has 1 aromatic rings. The molecule has 4 aliphatic carbocycles. The number of aryl methyl sites for hydroxylation is 2. The molecule has 0 aromatic heterocycles. The van der Waals surface area contributed by atoms with Crippen molar-refractivity contribution in [1.82, 2.24) is 4.90 Å². The van der Waals surface area contributed by atoms with Gasteiger partial charge in [0.2, 0.25) is 5.91 Å². The van der Waals surface area contributed by atoms with Gasteiger partial charge in [-0.2, -0.15) is 0 Å². The minimum absolute atomic E-state index is 0.0497. The highest BCUT2D eigenvalue weighted by atomic mass is 16.2. The van der Waals surface area contributed by atoms with Crippen LogP contribution >= 0.6 is 0 Å². The number of likely N-dealkylation sites (N-methyl/N-ethyl adjacent to an activating group) is 1. The molecule has 140 valence electrons. The monoisotopic (exact) mass is 353 g/mol. The van der Waals surface area contributed by atoms with Crippen LogP contribution in [0.3, 0.4) is 0 Å². The summed E-state index contributed by atoms with van der Waals surface area (Å²) in [6.45, 7) is 5.97. The fourth-order valence-electron chi connectivity index (χ4n) is 6.23. The molecule has 4 bridgehead atoms. The second-order valence-corrected chi connectivity index (χ2v) is 9.45. The summed E-state index contributed by atoms with van der Waals surface area (Å²) in [6, 6.07) is 5.44. The third-order valence-electron chi connectivity index (χ3n) is 7.56. The van der Waals surface area contributed by atoms with Gasteiger partial charge in [-0.3, -0.25) is 9.59 Å². The van der Waals surface area contributed by atoms with Crippen molar-refractivity contribution in [2.24, 2.45) is 23.2 Å². The number of amides is 1. The normalized spacial score (nSPS) is 33.2. The van der Waals surface area contributed by atoms with Gasteiger partial charge in [-0.25, -0.2) is 0 Å². The van der Waals surface area contributed by atoms with E-state index in [1.54, 1.807) is 4.90 Å². The molecule has 5 rings (SSSR count). The molecule has 0 saturated heterocycles. The zero-order valence-corrected chi connectivity index (χ0v) is 16.5. The van der Waals surface area contributed by atoms with Crippen LogP contribution in [0.15, 0.2) is 18.2 Å². The Labute approximate surface area is 157 Å². The lowest BCUT2D eigenvalue weighted by Crippen LogP contribution is -2.56. The van der Waals surface area contributed by atoms with E-state index in [-0.39, 0.29) is 17.1 Å². The smallest absolute Gasteiger partial charge is 0.229 e. The molecule has 3 heteroatoms. The van der Waals surface area contributed by atoms with Crippen LogP contribution in [0.5, 0.6) is 0 Å². The van der Waals surface area contributed by atoms with Crippen LogP contribution in [-0.2, 0) is 4.79 Å². The minimum Gasteiger partial charge on any atom is -0.335 e. The van der Waals surface area contributed by atoms with E-state index in [1.807, 2.05) is 39.1 Å². The lowest BCUT2D eigenvalue weighted by molar-refractivity contribution is -0.157. The highest BCUT2D eigenvalue weighted by molar-refractivity contribution is 6.02. The van der Waals surface area contributed by atoms with Crippen molar-refractivity contribution < 1.29 is 9.59 Å². The van der Waals surface area contributed by atoms with Gasteiger partial charge in [0.25, 0.3) is 0 Å². The number of nitrogens with zero attached hydrogens (tertiary/aromatic N) is 1. The molecule has 0 N–H and O–H groups in total. The first kappa shape index (κ1) is 17.8. The molecule has 3 nitrogen and oxygen atoms in total. The number of rotatable bonds is 4. The minimum atomic E-state index is -0.405. The van der Waals surface area contributed by atoms with Gasteiger partial charge in [-0.05, 0) is 94.2 Å². The third kappa shape index (κ3) is 2.80. The Morgan fingerprint density at radius 1 is 1.00 bits per heavy atom. The Kier molecular flexibility index (Phi) is 4.24. The molecule has 1 unspecified atom stereocenters. The van der Waals surface area contributed by atoms with E-state index in [4.69, 9.17) is 0 Å². The summed E-state index contributed by atoms with van der Waals surface area (Å²) >= 11 is 0. The SMILES string of the molecule is Cc1ccc(C(=O)C(C)N(C)C(=O)C23CC4CC(CC(C4)C2)C3)cc1C. The average molecular weight is 354 g/mol. The van der Waals surface area contributed by atoms with Crippen molar-refractivity contribution >= 4 is 11.7 Å². The molecule has 4 fully saturated rings. The van der Waals surface area contributed by atoms with Gasteiger partial charge < -0.3 is 4.90 Å². The summed E-state index contributed by atoms with van der Waals surface area (Å²) < 4.78 is 0. The Bertz CT molecular complexity index is 715. The number of hydrogen-bond donors (Lipinski definition) is 0. The van der Waals surface area contributed by atoms with Crippen LogP contribution in [0.25, 0.3) is 0 Å². The lowest BCUT2D eigenvalue weighted by Gasteiger charge is -2.56. The van der Waals surface area contributed by atoms with Gasteiger partial charge in [-0.1, -0.05) is 12.1 Å². The number of Topliss-reactive ketones (excluding diaryl/α,β-unsaturated/α-hetero) is 1. The van der Waals surface area contributed by atoms with E-state index >= 15 is 0 Å². The molecular weight excluding hydrogens is 322 g/mol. The summed E-state index contributed by atoms with van der Waals surface area (Å²) in [5.41, 5.74) is 2.84. The molecule has 0 aliphatic heterocycles. The second-order valence-electron chi connectivity index (χ2n) is 9.45. The van der Waals surface area contributed by atoms with Crippen molar-refractivity contribution in [2.45, 2.75) is 65.3 Å². The van der Waals surface area contributed by atoms with Crippen LogP contribution in [-0.4, -0.2) is 29.7 Å². The predicted molar refractivity (Wildman–Crippen MR) is 103 cm³/mol. The first-order valence-corrected chi connectivity index (χ1v) is 10.2. The van der Waals surface area contributed by atoms with Crippen molar-refractivity contribution in [3.8, 4) is 0 Å². The molecule has 1 amide bonds. The molecule has 0 heterocycles. The van der Waals surface area contributed by atoms with E-state index in [1.165, 1.54) is 24.8 Å². The molecule has 4 aliphatic rings. The van der Waals surface area contributed by atoms with Crippen molar-refractivity contribution in [1.29, 1.82) is 0 Å². The largest absolute Gasteiger partial charge is 0.335 e. The maximum Gasteiger partial charge on any atom is 0.229 e. The number of carbonyl (C=O) groups excluding carboxylic acids is 2. The predicted octanol–water partition coefficient (Wildman–Crippen LogP) is 4.55. The second kappa shape index (κ2) is 6.21. The topological polar surface area (TPSA) is 37.4 Å². The van der Waals surface area contributed by atoms with Crippen LogP contribution in [0, 0.1) is 37.0 Å². The first-order chi connectivity index (χ1) is 12.3. The first-order valence-electron chi connectivity index (χ1n) is 10.2. The van der Waals surface area contributed by atoms with E-state index in [2.05, 4.69) is 6.92 Å². The standard InChI is InChI=1S/C23H31NO2/c1-14-5-6-20(7-15(14)2)21(25)16(3)24(4)22(26)23-11-17-8-18(12-23)10-19(9-17)13-23/h5-7,16-19H,8-13H2,1-4H3. The van der Waals surface area contributed by atoms with Gasteiger partial charge in [0, 0.05) is 12.6 Å². The molecule has 0 spiro atoms. The lowest BCUT2D eigenvalue weighted by atomic mass is 9.49. The summed E-state index contributed by atoms with van der Waals surface area (Å²) in [6.07, 6.45) is 7.13. The van der Waals surface area contributed by atoms with Gasteiger partial charge in [0.15, 0.2) is 5.78 Å². The quantitative estimate of drug-likeness (QED) is 0.745. The summed E-state index contributed by atoms with van der Waals surface area (Å²) in [5, 5.41) is 0. The fourth-order valence-corrected chi connectivity index (χ4v) is 6.23. The van der Waals surface area contributed by atoms with Gasteiger partial charge in [0.05, 0.1) is 11.5 Å². The highest BCUT2D eigenvalue weighted by Gasteiger charge is 2.55.